The van der Waals surface area contributed by atoms with Crippen molar-refractivity contribution in [2.45, 2.75) is 26.8 Å². The molecule has 2 aliphatic rings. The highest BCUT2D eigenvalue weighted by atomic mass is 16.2. The Labute approximate surface area is 91.4 Å². The molecular weight excluding hydrogens is 188 g/mol. The fraction of sp³-hybridized carbons (Fsp3) is 0.750. The number of hydrogen-bond acceptors (Lipinski definition) is 2. The average Bonchev–Trinajstić information content (AvgIpc) is 1.98. The summed E-state index contributed by atoms with van der Waals surface area (Å²) in [6.07, 6.45) is 0. The summed E-state index contributed by atoms with van der Waals surface area (Å²) < 4.78 is 0. The first-order valence-corrected chi connectivity index (χ1v) is 5.52. The Morgan fingerprint density at radius 2 is 1.87 bits per heavy atom. The average molecular weight is 206 g/mol. The summed E-state index contributed by atoms with van der Waals surface area (Å²) in [7, 11) is 0. The van der Waals surface area contributed by atoms with Gasteiger partial charge in [0.25, 0.3) is 5.91 Å². The van der Waals surface area contributed by atoms with Crippen LogP contribution in [0.4, 0.5) is 0 Å². The highest BCUT2D eigenvalue weighted by Gasteiger charge is 2.53. The number of nitrogens with zero attached hydrogens (tertiary/aromatic N) is 2. The van der Waals surface area contributed by atoms with Crippen LogP contribution in [0.15, 0.2) is 0 Å². The minimum Gasteiger partial charge on any atom is -0.330 e. The third-order valence-corrected chi connectivity index (χ3v) is 3.38. The van der Waals surface area contributed by atoms with E-state index >= 15 is 0 Å². The van der Waals surface area contributed by atoms with Crippen LogP contribution in [0.2, 0.25) is 0 Å². The number of amides is 1. The van der Waals surface area contributed by atoms with E-state index in [2.05, 4.69) is 30.6 Å². The van der Waals surface area contributed by atoms with Crippen molar-refractivity contribution in [3.63, 3.8) is 0 Å². The summed E-state index contributed by atoms with van der Waals surface area (Å²) in [5.74, 6) is 5.24. The lowest BCUT2D eigenvalue weighted by Crippen LogP contribution is -2.73. The van der Waals surface area contributed by atoms with Gasteiger partial charge in [0.15, 0.2) is 0 Å². The van der Waals surface area contributed by atoms with E-state index < -0.39 is 0 Å². The molecule has 2 rings (SSSR count). The molecule has 0 aromatic carbocycles. The minimum atomic E-state index is -0.00822. The molecule has 0 aromatic rings. The van der Waals surface area contributed by atoms with Gasteiger partial charge in [-0.25, -0.2) is 0 Å². The van der Waals surface area contributed by atoms with Crippen LogP contribution in [0.3, 0.4) is 0 Å². The fourth-order valence-corrected chi connectivity index (χ4v) is 2.47. The third kappa shape index (κ3) is 1.74. The SMILES string of the molecule is CC#CC(=O)N1CC2(C1)CN(C(C)C)C2. The molecule has 0 N–H and O–H groups in total. The molecular formula is C12H18N2O. The second kappa shape index (κ2) is 3.53. The Morgan fingerprint density at radius 1 is 1.27 bits per heavy atom. The molecule has 0 bridgehead atoms. The van der Waals surface area contributed by atoms with Gasteiger partial charge in [-0.2, -0.15) is 0 Å². The third-order valence-electron chi connectivity index (χ3n) is 3.38. The molecule has 15 heavy (non-hydrogen) atoms. The summed E-state index contributed by atoms with van der Waals surface area (Å²) in [6.45, 7) is 10.3. The zero-order valence-corrected chi connectivity index (χ0v) is 9.71. The van der Waals surface area contributed by atoms with Crippen LogP contribution in [0.5, 0.6) is 0 Å². The molecule has 0 aliphatic carbocycles. The van der Waals surface area contributed by atoms with Crippen molar-refractivity contribution in [2.24, 2.45) is 5.41 Å². The van der Waals surface area contributed by atoms with Crippen molar-refractivity contribution >= 4 is 5.91 Å². The molecule has 2 heterocycles. The monoisotopic (exact) mass is 206 g/mol. The molecule has 1 amide bonds. The van der Waals surface area contributed by atoms with Gasteiger partial charge < -0.3 is 4.90 Å². The second-order valence-corrected chi connectivity index (χ2v) is 5.03. The van der Waals surface area contributed by atoms with Crippen molar-refractivity contribution in [3.8, 4) is 11.8 Å². The lowest BCUT2D eigenvalue weighted by Gasteiger charge is -2.61. The zero-order chi connectivity index (χ0) is 11.1. The maximum atomic E-state index is 11.4. The van der Waals surface area contributed by atoms with Gasteiger partial charge in [-0.1, -0.05) is 5.92 Å². The fourth-order valence-electron chi connectivity index (χ4n) is 2.47. The summed E-state index contributed by atoms with van der Waals surface area (Å²) in [6, 6.07) is 0.635. The number of carbonyl (C=O) groups is 1. The highest BCUT2D eigenvalue weighted by molar-refractivity contribution is 5.94. The maximum absolute atomic E-state index is 11.4. The van der Waals surface area contributed by atoms with Crippen LogP contribution in [0.1, 0.15) is 20.8 Å². The van der Waals surface area contributed by atoms with E-state index in [0.29, 0.717) is 11.5 Å². The van der Waals surface area contributed by atoms with Gasteiger partial charge in [-0.3, -0.25) is 9.69 Å². The van der Waals surface area contributed by atoms with Crippen molar-refractivity contribution in [2.75, 3.05) is 26.2 Å². The lowest BCUT2D eigenvalue weighted by molar-refractivity contribution is -0.156. The van der Waals surface area contributed by atoms with E-state index in [4.69, 9.17) is 0 Å². The predicted molar refractivity (Wildman–Crippen MR) is 59.2 cm³/mol. The predicted octanol–water partition coefficient (Wildman–Crippen LogP) is 0.562. The Morgan fingerprint density at radius 3 is 2.33 bits per heavy atom. The molecule has 2 fully saturated rings. The van der Waals surface area contributed by atoms with Gasteiger partial charge in [0.2, 0.25) is 0 Å². The summed E-state index contributed by atoms with van der Waals surface area (Å²) >= 11 is 0. The molecule has 2 saturated heterocycles. The maximum Gasteiger partial charge on any atom is 0.298 e. The summed E-state index contributed by atoms with van der Waals surface area (Å²) in [5.41, 5.74) is 0.412. The normalized spacial score (nSPS) is 23.1. The van der Waals surface area contributed by atoms with Crippen LogP contribution >= 0.6 is 0 Å². The number of carbonyl (C=O) groups excluding carboxylic acids is 1. The molecule has 82 valence electrons. The smallest absolute Gasteiger partial charge is 0.298 e. The van der Waals surface area contributed by atoms with Crippen molar-refractivity contribution in [1.82, 2.24) is 9.80 Å². The standard InChI is InChI=1S/C12H18N2O/c1-4-5-11(15)14-8-12(9-14)6-13(7-12)10(2)3/h10H,6-9H2,1-3H3. The van der Waals surface area contributed by atoms with E-state index in [0.717, 1.165) is 26.2 Å². The first-order valence-electron chi connectivity index (χ1n) is 5.52. The summed E-state index contributed by atoms with van der Waals surface area (Å²) in [5, 5.41) is 0. The van der Waals surface area contributed by atoms with Crippen LogP contribution in [0.25, 0.3) is 0 Å². The second-order valence-electron chi connectivity index (χ2n) is 5.03. The number of likely N-dealkylation sites (tertiary alicyclic amines) is 2. The first kappa shape index (κ1) is 10.5. The van der Waals surface area contributed by atoms with Crippen LogP contribution in [0, 0.1) is 17.3 Å². The van der Waals surface area contributed by atoms with Crippen molar-refractivity contribution in [1.29, 1.82) is 0 Å². The van der Waals surface area contributed by atoms with Gasteiger partial charge in [0, 0.05) is 37.6 Å². The molecule has 1 spiro atoms. The molecule has 2 aliphatic heterocycles. The van der Waals surface area contributed by atoms with Crippen molar-refractivity contribution in [3.05, 3.63) is 0 Å². The molecule has 3 nitrogen and oxygen atoms in total. The van der Waals surface area contributed by atoms with Gasteiger partial charge in [0.1, 0.15) is 0 Å². The van der Waals surface area contributed by atoms with E-state index in [-0.39, 0.29) is 5.91 Å². The van der Waals surface area contributed by atoms with Crippen LogP contribution < -0.4 is 0 Å². The molecule has 3 heteroatoms. The largest absolute Gasteiger partial charge is 0.330 e. The Hall–Kier alpha value is -1.01. The molecule has 0 saturated carbocycles. The van der Waals surface area contributed by atoms with E-state index in [1.165, 1.54) is 0 Å². The molecule has 0 atom stereocenters. The van der Waals surface area contributed by atoms with Crippen LogP contribution in [-0.2, 0) is 4.79 Å². The minimum absolute atomic E-state index is 0.00822. The lowest BCUT2D eigenvalue weighted by atomic mass is 9.72. The van der Waals surface area contributed by atoms with Gasteiger partial charge in [-0.05, 0) is 26.7 Å². The van der Waals surface area contributed by atoms with Crippen LogP contribution in [-0.4, -0.2) is 47.9 Å². The Kier molecular flexibility index (Phi) is 2.47. The molecule has 0 aromatic heterocycles. The van der Waals surface area contributed by atoms with E-state index in [9.17, 15) is 4.79 Å². The Balaban J connectivity index is 1.79. The Bertz CT molecular complexity index is 323. The van der Waals surface area contributed by atoms with Gasteiger partial charge in [0.05, 0.1) is 0 Å². The van der Waals surface area contributed by atoms with Gasteiger partial charge >= 0.3 is 0 Å². The topological polar surface area (TPSA) is 23.6 Å². The molecule has 0 unspecified atom stereocenters. The first-order chi connectivity index (χ1) is 7.06. The highest BCUT2D eigenvalue weighted by Crippen LogP contribution is 2.40. The number of hydrogen-bond donors (Lipinski definition) is 0. The number of rotatable bonds is 1. The van der Waals surface area contributed by atoms with Crippen molar-refractivity contribution < 1.29 is 4.79 Å². The molecule has 0 radical (unpaired) electrons. The van der Waals surface area contributed by atoms with Gasteiger partial charge in [-0.15, -0.1) is 0 Å². The quantitative estimate of drug-likeness (QED) is 0.585. The summed E-state index contributed by atoms with van der Waals surface area (Å²) in [4.78, 5) is 15.7. The zero-order valence-electron chi connectivity index (χ0n) is 9.71. The van der Waals surface area contributed by atoms with E-state index in [1.54, 1.807) is 6.92 Å². The van der Waals surface area contributed by atoms with E-state index in [1.807, 2.05) is 4.90 Å².